The Balaban J connectivity index is 0. The average Bonchev–Trinajstić information content (AvgIpc) is 2.13. The van der Waals surface area contributed by atoms with E-state index in [0.29, 0.717) is 12.1 Å². The van der Waals surface area contributed by atoms with Crippen LogP contribution in [-0.4, -0.2) is 25.2 Å². The Kier molecular flexibility index (Phi) is 16.1. The third-order valence-corrected chi connectivity index (χ3v) is 1.95. The van der Waals surface area contributed by atoms with Crippen LogP contribution in [0.15, 0.2) is 0 Å². The van der Waals surface area contributed by atoms with Gasteiger partial charge in [0, 0.05) is 12.1 Å². The first-order valence-electron chi connectivity index (χ1n) is 6.51. The molecule has 0 rings (SSSR count). The van der Waals surface area contributed by atoms with Crippen LogP contribution in [0.3, 0.4) is 0 Å². The minimum atomic E-state index is 0.648. The zero-order valence-electron chi connectivity index (χ0n) is 11.7. The summed E-state index contributed by atoms with van der Waals surface area (Å²) in [5, 5.41) is 6.59. The molecular weight excluding hydrogens is 184 g/mol. The lowest BCUT2D eigenvalue weighted by Gasteiger charge is -2.05. The summed E-state index contributed by atoms with van der Waals surface area (Å²) in [5.41, 5.74) is 0. The van der Waals surface area contributed by atoms with Gasteiger partial charge in [-0.25, -0.2) is 0 Å². The molecule has 0 heterocycles. The van der Waals surface area contributed by atoms with Gasteiger partial charge in [-0.3, -0.25) is 0 Å². The highest BCUT2D eigenvalue weighted by Crippen LogP contribution is 1.91. The zero-order valence-corrected chi connectivity index (χ0v) is 11.7. The van der Waals surface area contributed by atoms with Gasteiger partial charge >= 0.3 is 0 Å². The lowest BCUT2D eigenvalue weighted by molar-refractivity contribution is 0.555. The minimum Gasteiger partial charge on any atom is -0.315 e. The van der Waals surface area contributed by atoms with Crippen molar-refractivity contribution in [2.45, 2.75) is 72.9 Å². The van der Waals surface area contributed by atoms with Crippen LogP contribution in [0.25, 0.3) is 0 Å². The van der Waals surface area contributed by atoms with E-state index < -0.39 is 0 Å². The average molecular weight is 216 g/mol. The van der Waals surface area contributed by atoms with Crippen LogP contribution in [0.2, 0.25) is 0 Å². The molecule has 0 aromatic carbocycles. The molecule has 0 saturated heterocycles. The SMILES string of the molecule is CCCCCNC(C)C.CCNC(C)C. The minimum absolute atomic E-state index is 0.648. The van der Waals surface area contributed by atoms with E-state index in [4.69, 9.17) is 0 Å². The van der Waals surface area contributed by atoms with Crippen molar-refractivity contribution in [2.24, 2.45) is 0 Å². The van der Waals surface area contributed by atoms with Crippen LogP contribution in [0.1, 0.15) is 60.8 Å². The van der Waals surface area contributed by atoms with E-state index in [1.165, 1.54) is 25.8 Å². The maximum Gasteiger partial charge on any atom is 0.00103 e. The number of rotatable bonds is 7. The largest absolute Gasteiger partial charge is 0.315 e. The van der Waals surface area contributed by atoms with Crippen LogP contribution >= 0.6 is 0 Å². The fourth-order valence-corrected chi connectivity index (χ4v) is 1.17. The molecule has 0 radical (unpaired) electrons. The summed E-state index contributed by atoms with van der Waals surface area (Å²) >= 11 is 0. The highest BCUT2D eigenvalue weighted by Gasteiger charge is 1.89. The maximum absolute atomic E-state index is 3.38. The summed E-state index contributed by atoms with van der Waals surface area (Å²) in [6.07, 6.45) is 4.01. The lowest BCUT2D eigenvalue weighted by atomic mass is 10.2. The van der Waals surface area contributed by atoms with Gasteiger partial charge in [-0.15, -0.1) is 0 Å². The molecular formula is C13H32N2. The Bertz CT molecular complexity index is 101. The molecule has 0 fully saturated rings. The van der Waals surface area contributed by atoms with Gasteiger partial charge in [0.05, 0.1) is 0 Å². The molecule has 2 nitrogen and oxygen atoms in total. The third-order valence-electron chi connectivity index (χ3n) is 1.95. The topological polar surface area (TPSA) is 24.1 Å². The summed E-state index contributed by atoms with van der Waals surface area (Å²) in [6.45, 7) is 15.3. The molecule has 0 amide bonds. The van der Waals surface area contributed by atoms with Crippen LogP contribution < -0.4 is 10.6 Å². The second-order valence-electron chi connectivity index (χ2n) is 4.53. The molecule has 0 spiro atoms. The van der Waals surface area contributed by atoms with E-state index in [-0.39, 0.29) is 0 Å². The number of nitrogens with one attached hydrogen (secondary N) is 2. The standard InChI is InChI=1S/C8H19N.C5H13N/c1-4-5-6-7-9-8(2)3;1-4-6-5(2)3/h8-9H,4-7H2,1-3H3;5-6H,4H2,1-3H3. The second-order valence-corrected chi connectivity index (χ2v) is 4.53. The predicted molar refractivity (Wildman–Crippen MR) is 71.5 cm³/mol. The van der Waals surface area contributed by atoms with E-state index in [0.717, 1.165) is 6.54 Å². The Labute approximate surface area is 97.2 Å². The predicted octanol–water partition coefficient (Wildman–Crippen LogP) is 3.18. The molecule has 0 aromatic heterocycles. The van der Waals surface area contributed by atoms with Crippen molar-refractivity contribution in [1.82, 2.24) is 10.6 Å². The van der Waals surface area contributed by atoms with Gasteiger partial charge in [-0.05, 0) is 19.5 Å². The summed E-state index contributed by atoms with van der Waals surface area (Å²) in [4.78, 5) is 0. The fourth-order valence-electron chi connectivity index (χ4n) is 1.17. The van der Waals surface area contributed by atoms with E-state index in [1.807, 2.05) is 0 Å². The van der Waals surface area contributed by atoms with Crippen molar-refractivity contribution in [1.29, 1.82) is 0 Å². The molecule has 94 valence electrons. The Morgan fingerprint density at radius 1 is 0.800 bits per heavy atom. The Morgan fingerprint density at radius 3 is 1.60 bits per heavy atom. The summed E-state index contributed by atoms with van der Waals surface area (Å²) in [7, 11) is 0. The zero-order chi connectivity index (χ0) is 12.1. The first-order chi connectivity index (χ1) is 7.04. The third kappa shape index (κ3) is 24.9. The highest BCUT2D eigenvalue weighted by molar-refractivity contribution is 4.51. The molecule has 0 atom stereocenters. The second kappa shape index (κ2) is 13.9. The first-order valence-corrected chi connectivity index (χ1v) is 6.51. The molecule has 0 aliphatic carbocycles. The van der Waals surface area contributed by atoms with Crippen molar-refractivity contribution in [3.8, 4) is 0 Å². The van der Waals surface area contributed by atoms with Crippen molar-refractivity contribution in [2.75, 3.05) is 13.1 Å². The molecule has 0 aliphatic heterocycles. The van der Waals surface area contributed by atoms with Gasteiger partial charge in [0.25, 0.3) is 0 Å². The summed E-state index contributed by atoms with van der Waals surface area (Å²) in [6, 6.07) is 1.30. The van der Waals surface area contributed by atoms with E-state index in [9.17, 15) is 0 Å². The van der Waals surface area contributed by atoms with Gasteiger partial charge in [0.15, 0.2) is 0 Å². The first kappa shape index (κ1) is 17.3. The van der Waals surface area contributed by atoms with Crippen LogP contribution in [0.5, 0.6) is 0 Å². The monoisotopic (exact) mass is 216 g/mol. The van der Waals surface area contributed by atoms with Crippen molar-refractivity contribution in [3.63, 3.8) is 0 Å². The van der Waals surface area contributed by atoms with Gasteiger partial charge < -0.3 is 10.6 Å². The van der Waals surface area contributed by atoms with Crippen molar-refractivity contribution < 1.29 is 0 Å². The molecule has 0 aromatic rings. The van der Waals surface area contributed by atoms with Gasteiger partial charge in [-0.2, -0.15) is 0 Å². The highest BCUT2D eigenvalue weighted by atomic mass is 14.9. The fraction of sp³-hybridized carbons (Fsp3) is 1.00. The van der Waals surface area contributed by atoms with Gasteiger partial charge in [-0.1, -0.05) is 54.4 Å². The van der Waals surface area contributed by atoms with Crippen molar-refractivity contribution in [3.05, 3.63) is 0 Å². The lowest BCUT2D eigenvalue weighted by Crippen LogP contribution is -2.23. The quantitative estimate of drug-likeness (QED) is 0.639. The van der Waals surface area contributed by atoms with Gasteiger partial charge in [0.2, 0.25) is 0 Å². The molecule has 0 aliphatic rings. The van der Waals surface area contributed by atoms with E-state index in [1.54, 1.807) is 0 Å². The molecule has 0 unspecified atom stereocenters. The molecule has 0 bridgehead atoms. The summed E-state index contributed by atoms with van der Waals surface area (Å²) < 4.78 is 0. The number of unbranched alkanes of at least 4 members (excludes halogenated alkanes) is 2. The Morgan fingerprint density at radius 2 is 1.33 bits per heavy atom. The molecule has 0 saturated carbocycles. The van der Waals surface area contributed by atoms with Crippen LogP contribution in [0, 0.1) is 0 Å². The smallest absolute Gasteiger partial charge is 0.00103 e. The van der Waals surface area contributed by atoms with E-state index in [2.05, 4.69) is 52.2 Å². The van der Waals surface area contributed by atoms with Crippen LogP contribution in [-0.2, 0) is 0 Å². The normalized spacial score (nSPS) is 10.4. The summed E-state index contributed by atoms with van der Waals surface area (Å²) in [5.74, 6) is 0. The maximum atomic E-state index is 3.38. The molecule has 2 N–H and O–H groups in total. The number of hydrogen-bond acceptors (Lipinski definition) is 2. The number of hydrogen-bond donors (Lipinski definition) is 2. The van der Waals surface area contributed by atoms with E-state index >= 15 is 0 Å². The Hall–Kier alpha value is -0.0800. The van der Waals surface area contributed by atoms with Crippen LogP contribution in [0.4, 0.5) is 0 Å². The van der Waals surface area contributed by atoms with Crippen molar-refractivity contribution >= 4 is 0 Å². The molecule has 2 heteroatoms. The molecule has 15 heavy (non-hydrogen) atoms. The van der Waals surface area contributed by atoms with Gasteiger partial charge in [0.1, 0.15) is 0 Å².